The third-order valence-electron chi connectivity index (χ3n) is 15.2. The number of unbranched alkanes of at least 4 members (excludes halogenated alkanes) is 36. The maximum Gasteiger partial charge on any atom is 0.472 e. The molecule has 0 rings (SSSR count). The number of ether oxygens (including phenoxy) is 1. The third kappa shape index (κ3) is 61.8. The summed E-state index contributed by atoms with van der Waals surface area (Å²) in [5.41, 5.74) is 0. The summed E-state index contributed by atoms with van der Waals surface area (Å²) in [7, 11) is 1.49. The molecule has 0 aliphatic heterocycles. The van der Waals surface area contributed by atoms with Crippen molar-refractivity contribution in [2.75, 3.05) is 40.9 Å². The number of hydrogen-bond donors (Lipinski definition) is 2. The smallest absolute Gasteiger partial charge is 0.456 e. The second-order valence-corrected chi connectivity index (χ2v) is 25.8. The van der Waals surface area contributed by atoms with Crippen molar-refractivity contribution in [1.29, 1.82) is 0 Å². The van der Waals surface area contributed by atoms with E-state index in [2.05, 4.69) is 86.8 Å². The summed E-state index contributed by atoms with van der Waals surface area (Å²) in [6, 6.07) is -0.856. The van der Waals surface area contributed by atoms with Gasteiger partial charge in [-0.1, -0.05) is 299 Å². The lowest BCUT2D eigenvalue weighted by atomic mass is 10.0. The van der Waals surface area contributed by atoms with E-state index in [4.69, 9.17) is 13.8 Å². The normalized spacial score (nSPS) is 14.0. The van der Waals surface area contributed by atoms with Crippen LogP contribution in [0.3, 0.4) is 0 Å². The van der Waals surface area contributed by atoms with Gasteiger partial charge in [0.05, 0.1) is 33.8 Å². The molecule has 0 saturated carbocycles. The van der Waals surface area contributed by atoms with Crippen molar-refractivity contribution in [3.05, 3.63) is 72.9 Å². The van der Waals surface area contributed by atoms with Gasteiger partial charge in [-0.3, -0.25) is 18.6 Å². The second kappa shape index (κ2) is 60.6. The molecule has 0 aliphatic carbocycles. The largest absolute Gasteiger partial charge is 0.472 e. The minimum atomic E-state index is -4.46. The maximum absolute atomic E-state index is 13.6. The predicted octanol–water partition coefficient (Wildman–Crippen LogP) is 21.6. The quantitative estimate of drug-likeness (QED) is 0.0205. The average Bonchev–Trinajstić information content (AvgIpc) is 3.44. The molecule has 2 N–H and O–H groups in total. The fourth-order valence-corrected chi connectivity index (χ4v) is 10.6. The van der Waals surface area contributed by atoms with Gasteiger partial charge in [0, 0.05) is 12.8 Å². The molecule has 0 aliphatic rings. The van der Waals surface area contributed by atoms with Gasteiger partial charge in [-0.05, 0) is 76.7 Å². The lowest BCUT2D eigenvalue weighted by Crippen LogP contribution is -2.47. The van der Waals surface area contributed by atoms with E-state index in [9.17, 15) is 19.0 Å². The van der Waals surface area contributed by atoms with Gasteiger partial charge in [0.15, 0.2) is 0 Å². The molecule has 0 saturated heterocycles. The molecule has 3 atom stereocenters. The molecule has 10 heteroatoms. The first-order valence-electron chi connectivity index (χ1n) is 34.3. The van der Waals surface area contributed by atoms with Gasteiger partial charge in [-0.15, -0.1) is 0 Å². The summed E-state index contributed by atoms with van der Waals surface area (Å²) in [6.45, 7) is 6.93. The minimum Gasteiger partial charge on any atom is -0.456 e. The number of nitrogens with one attached hydrogen (secondary N) is 1. The fourth-order valence-electron chi connectivity index (χ4n) is 9.91. The van der Waals surface area contributed by atoms with Crippen LogP contribution < -0.4 is 5.32 Å². The van der Waals surface area contributed by atoms with E-state index in [1.54, 1.807) is 0 Å². The molecule has 0 aromatic rings. The van der Waals surface area contributed by atoms with Crippen LogP contribution in [0.4, 0.5) is 0 Å². The number of carbonyl (C=O) groups excluding carboxylic acids is 2. The fraction of sp³-hybridized carbons (Fsp3) is 0.803. The van der Waals surface area contributed by atoms with Gasteiger partial charge in [0.25, 0.3) is 0 Å². The van der Waals surface area contributed by atoms with Crippen LogP contribution in [-0.4, -0.2) is 74.3 Å². The van der Waals surface area contributed by atoms with E-state index >= 15 is 0 Å². The molecule has 0 aromatic carbocycles. The number of amides is 1. The van der Waals surface area contributed by atoms with Crippen LogP contribution in [0.5, 0.6) is 0 Å². The zero-order valence-corrected chi connectivity index (χ0v) is 54.9. The lowest BCUT2D eigenvalue weighted by molar-refractivity contribution is -0.870. The Morgan fingerprint density at radius 1 is 0.444 bits per heavy atom. The van der Waals surface area contributed by atoms with Gasteiger partial charge in [0.2, 0.25) is 5.91 Å². The van der Waals surface area contributed by atoms with E-state index < -0.39 is 20.0 Å². The Hall–Kier alpha value is -2.55. The predicted molar refractivity (Wildman–Crippen MR) is 351 cm³/mol. The van der Waals surface area contributed by atoms with Crippen LogP contribution in [0.15, 0.2) is 72.9 Å². The molecular weight excluding hydrogens is 1020 g/mol. The highest BCUT2D eigenvalue weighted by Gasteiger charge is 2.30. The van der Waals surface area contributed by atoms with Gasteiger partial charge in [0.1, 0.15) is 19.3 Å². The van der Waals surface area contributed by atoms with E-state index in [0.29, 0.717) is 23.9 Å². The number of hydrogen-bond acceptors (Lipinski definition) is 6. The Bertz CT molecular complexity index is 1620. The SMILES string of the molecule is CC/C=C\C/C=C\C/C=C\C/C=C\C/C=C\CCCCCCCCCC(=O)NC(COP(=O)(O)OCC[N+](C)(C)C)C(/C=C/CCCCCCCCCCCCC)OC(=O)CCCCCCCCCCCCCCCCCCCCC. The number of quaternary nitrogens is 1. The summed E-state index contributed by atoms with van der Waals surface area (Å²) in [4.78, 5) is 37.9. The van der Waals surface area contributed by atoms with Crippen LogP contribution in [0.1, 0.15) is 316 Å². The number of carbonyl (C=O) groups is 2. The Balaban J connectivity index is 5.18. The molecule has 472 valence electrons. The molecular formula is C71H132N2O7P+. The third-order valence-corrected chi connectivity index (χ3v) is 16.1. The Labute approximate surface area is 502 Å². The molecule has 0 radical (unpaired) electrons. The second-order valence-electron chi connectivity index (χ2n) is 24.3. The number of rotatable bonds is 62. The van der Waals surface area contributed by atoms with Crippen molar-refractivity contribution in [2.45, 2.75) is 328 Å². The molecule has 0 spiro atoms. The van der Waals surface area contributed by atoms with Crippen molar-refractivity contribution in [3.63, 3.8) is 0 Å². The van der Waals surface area contributed by atoms with Crippen molar-refractivity contribution < 1.29 is 37.3 Å². The van der Waals surface area contributed by atoms with Gasteiger partial charge in [-0.2, -0.15) is 0 Å². The van der Waals surface area contributed by atoms with Crippen LogP contribution in [0.2, 0.25) is 0 Å². The number of likely N-dealkylation sites (N-methyl/N-ethyl adjacent to an activating group) is 1. The number of phosphoric ester groups is 1. The Morgan fingerprint density at radius 3 is 1.19 bits per heavy atom. The zero-order chi connectivity index (χ0) is 59.3. The lowest BCUT2D eigenvalue weighted by Gasteiger charge is -2.27. The monoisotopic (exact) mass is 1160 g/mol. The zero-order valence-electron chi connectivity index (χ0n) is 54.0. The molecule has 3 unspecified atom stereocenters. The summed E-state index contributed by atoms with van der Waals surface area (Å²) in [5.74, 6) is -0.507. The number of allylic oxidation sites excluding steroid dienone is 11. The first-order chi connectivity index (χ1) is 39.4. The van der Waals surface area contributed by atoms with Crippen molar-refractivity contribution in [1.82, 2.24) is 5.32 Å². The maximum atomic E-state index is 13.6. The summed E-state index contributed by atoms with van der Waals surface area (Å²) in [5, 5.41) is 3.07. The molecule has 9 nitrogen and oxygen atoms in total. The average molecular weight is 1160 g/mol. The number of phosphoric acid groups is 1. The van der Waals surface area contributed by atoms with Gasteiger partial charge in [-0.25, -0.2) is 4.57 Å². The summed E-state index contributed by atoms with van der Waals surface area (Å²) < 4.78 is 30.8. The van der Waals surface area contributed by atoms with E-state index in [-0.39, 0.29) is 25.1 Å². The standard InChI is InChI=1S/C71H131N2O7P/c1-7-10-13-16-19-22-25-28-30-32-34-35-36-37-39-40-42-45-48-51-54-57-60-63-70(74)72-68(67-79-81(76,77)78-66-65-73(4,5)6)69(62-59-56-53-50-47-44-27-24-21-18-15-12-9-3)80-71(75)64-61-58-55-52-49-46-43-41-38-33-31-29-26-23-20-17-14-11-8-2/h10,13,19,22,28,30,34-35,37,39,59,62,68-69H,7-9,11-12,14-18,20-21,23-27,29,31-33,36,38,40-58,60-61,63-67H2,1-6H3,(H-,72,74,76,77)/p+1/b13-10-,22-19-,30-28-,35-34-,39-37-,62-59+. The van der Waals surface area contributed by atoms with Crippen molar-refractivity contribution in [2.24, 2.45) is 0 Å². The molecule has 0 fully saturated rings. The molecule has 81 heavy (non-hydrogen) atoms. The van der Waals surface area contributed by atoms with E-state index in [1.807, 2.05) is 33.3 Å². The van der Waals surface area contributed by atoms with Crippen molar-refractivity contribution in [3.8, 4) is 0 Å². The highest BCUT2D eigenvalue weighted by molar-refractivity contribution is 7.47. The molecule has 0 bridgehead atoms. The summed E-state index contributed by atoms with van der Waals surface area (Å²) >= 11 is 0. The van der Waals surface area contributed by atoms with Crippen LogP contribution in [0.25, 0.3) is 0 Å². The molecule has 0 heterocycles. The van der Waals surface area contributed by atoms with Crippen LogP contribution >= 0.6 is 7.82 Å². The first-order valence-corrected chi connectivity index (χ1v) is 35.8. The Morgan fingerprint density at radius 2 is 0.790 bits per heavy atom. The highest BCUT2D eigenvalue weighted by atomic mass is 31.2. The Kier molecular flexibility index (Phi) is 58.7. The molecule has 1 amide bonds. The van der Waals surface area contributed by atoms with Gasteiger partial charge >= 0.3 is 13.8 Å². The number of esters is 1. The minimum absolute atomic E-state index is 0.0370. The molecule has 0 aromatic heterocycles. The van der Waals surface area contributed by atoms with Gasteiger partial charge < -0.3 is 19.4 Å². The number of nitrogens with zero attached hydrogens (tertiary/aromatic N) is 1. The van der Waals surface area contributed by atoms with E-state index in [0.717, 1.165) is 103 Å². The van der Waals surface area contributed by atoms with Crippen LogP contribution in [-0.2, 0) is 27.9 Å². The summed E-state index contributed by atoms with van der Waals surface area (Å²) in [6.07, 6.45) is 79.0. The first kappa shape index (κ1) is 78.5. The highest BCUT2D eigenvalue weighted by Crippen LogP contribution is 2.43. The van der Waals surface area contributed by atoms with E-state index in [1.165, 1.54) is 180 Å². The van der Waals surface area contributed by atoms with Crippen molar-refractivity contribution >= 4 is 19.7 Å². The van der Waals surface area contributed by atoms with Crippen LogP contribution in [0, 0.1) is 0 Å². The topological polar surface area (TPSA) is 111 Å².